The molecule has 0 atom stereocenters. The fourth-order valence-corrected chi connectivity index (χ4v) is 4.00. The highest BCUT2D eigenvalue weighted by Gasteiger charge is 2.15. The highest BCUT2D eigenvalue weighted by atomic mass is 35.5. The van der Waals surface area contributed by atoms with Crippen LogP contribution in [0.4, 0.5) is 5.69 Å². The molecular weight excluding hydrogens is 439 g/mol. The summed E-state index contributed by atoms with van der Waals surface area (Å²) in [6.45, 7) is 2.75. The van der Waals surface area contributed by atoms with Crippen LogP contribution in [0.25, 0.3) is 0 Å². The SMILES string of the molecule is CCn1c(Cc2ccccc2)nnc1SCC(=O)Nc1cc(Cl)c(Cl)cc1Cl. The van der Waals surface area contributed by atoms with Crippen LogP contribution in [0.5, 0.6) is 0 Å². The number of benzene rings is 2. The zero-order valence-corrected chi connectivity index (χ0v) is 18.0. The van der Waals surface area contributed by atoms with E-state index in [2.05, 4.69) is 27.6 Å². The van der Waals surface area contributed by atoms with E-state index in [9.17, 15) is 4.79 Å². The van der Waals surface area contributed by atoms with Gasteiger partial charge in [-0.1, -0.05) is 76.9 Å². The number of amides is 1. The van der Waals surface area contributed by atoms with Gasteiger partial charge in [-0.05, 0) is 24.6 Å². The number of anilines is 1. The smallest absolute Gasteiger partial charge is 0.234 e. The molecule has 0 aliphatic rings. The number of hydrogen-bond acceptors (Lipinski definition) is 4. The monoisotopic (exact) mass is 454 g/mol. The predicted molar refractivity (Wildman–Crippen MR) is 116 cm³/mol. The molecule has 0 radical (unpaired) electrons. The first kappa shape index (κ1) is 21.0. The van der Waals surface area contributed by atoms with Gasteiger partial charge in [0.05, 0.1) is 26.5 Å². The van der Waals surface area contributed by atoms with Gasteiger partial charge >= 0.3 is 0 Å². The maximum Gasteiger partial charge on any atom is 0.234 e. The number of halogens is 3. The van der Waals surface area contributed by atoms with Crippen LogP contribution >= 0.6 is 46.6 Å². The van der Waals surface area contributed by atoms with Crippen LogP contribution in [0.1, 0.15) is 18.3 Å². The topological polar surface area (TPSA) is 59.8 Å². The summed E-state index contributed by atoms with van der Waals surface area (Å²) in [5.74, 6) is 0.810. The van der Waals surface area contributed by atoms with Crippen molar-refractivity contribution in [2.75, 3.05) is 11.1 Å². The fourth-order valence-electron chi connectivity index (χ4n) is 2.59. The van der Waals surface area contributed by atoms with Crippen LogP contribution in [-0.4, -0.2) is 26.4 Å². The highest BCUT2D eigenvalue weighted by molar-refractivity contribution is 7.99. The summed E-state index contributed by atoms with van der Waals surface area (Å²) in [7, 11) is 0. The van der Waals surface area contributed by atoms with Crippen molar-refractivity contribution in [2.24, 2.45) is 0 Å². The average molecular weight is 456 g/mol. The quantitative estimate of drug-likeness (QED) is 0.373. The molecule has 2 aromatic carbocycles. The second kappa shape index (κ2) is 9.65. The lowest BCUT2D eigenvalue weighted by Crippen LogP contribution is -2.15. The first-order valence-electron chi connectivity index (χ1n) is 8.51. The van der Waals surface area contributed by atoms with Gasteiger partial charge in [-0.15, -0.1) is 10.2 Å². The van der Waals surface area contributed by atoms with E-state index in [4.69, 9.17) is 34.8 Å². The summed E-state index contributed by atoms with van der Waals surface area (Å²) in [4.78, 5) is 12.3. The van der Waals surface area contributed by atoms with Gasteiger partial charge < -0.3 is 9.88 Å². The van der Waals surface area contributed by atoms with E-state index in [0.29, 0.717) is 32.3 Å². The molecular formula is C19H17Cl3N4OS. The van der Waals surface area contributed by atoms with E-state index in [-0.39, 0.29) is 11.7 Å². The Hall–Kier alpha value is -1.73. The Kier molecular flexibility index (Phi) is 7.24. The molecule has 0 aliphatic carbocycles. The van der Waals surface area contributed by atoms with E-state index >= 15 is 0 Å². The summed E-state index contributed by atoms with van der Waals surface area (Å²) in [5.41, 5.74) is 1.58. The van der Waals surface area contributed by atoms with Gasteiger partial charge in [0, 0.05) is 13.0 Å². The van der Waals surface area contributed by atoms with Gasteiger partial charge in [0.25, 0.3) is 0 Å². The third-order valence-corrected chi connectivity index (χ3v) is 5.93. The van der Waals surface area contributed by atoms with Crippen LogP contribution in [0.3, 0.4) is 0 Å². The normalized spacial score (nSPS) is 10.9. The van der Waals surface area contributed by atoms with Gasteiger partial charge in [0.1, 0.15) is 5.82 Å². The molecule has 1 N–H and O–H groups in total. The minimum absolute atomic E-state index is 0.167. The van der Waals surface area contributed by atoms with Crippen molar-refractivity contribution in [3.05, 3.63) is 68.9 Å². The summed E-state index contributed by atoms with van der Waals surface area (Å²) in [5, 5.41) is 12.9. The van der Waals surface area contributed by atoms with Crippen LogP contribution in [-0.2, 0) is 17.8 Å². The summed E-state index contributed by atoms with van der Waals surface area (Å²) in [6, 6.07) is 13.1. The second-order valence-corrected chi connectivity index (χ2v) is 8.05. The molecule has 28 heavy (non-hydrogen) atoms. The zero-order chi connectivity index (χ0) is 20.1. The molecule has 1 amide bonds. The third-order valence-electron chi connectivity index (χ3n) is 3.93. The Morgan fingerprint density at radius 1 is 1.07 bits per heavy atom. The van der Waals surface area contributed by atoms with Crippen molar-refractivity contribution in [2.45, 2.75) is 25.0 Å². The predicted octanol–water partition coefficient (Wildman–Crippen LogP) is 5.58. The molecule has 1 aromatic heterocycles. The average Bonchev–Trinajstić information content (AvgIpc) is 3.06. The number of nitrogens with one attached hydrogen (secondary N) is 1. The lowest BCUT2D eigenvalue weighted by Gasteiger charge is -2.09. The minimum Gasteiger partial charge on any atom is -0.324 e. The van der Waals surface area contributed by atoms with Gasteiger partial charge in [-0.2, -0.15) is 0 Å². The number of carbonyl (C=O) groups is 1. The largest absolute Gasteiger partial charge is 0.324 e. The van der Waals surface area contributed by atoms with Crippen molar-refractivity contribution < 1.29 is 4.79 Å². The fraction of sp³-hybridized carbons (Fsp3) is 0.211. The Morgan fingerprint density at radius 2 is 1.79 bits per heavy atom. The second-order valence-electron chi connectivity index (χ2n) is 5.89. The maximum atomic E-state index is 12.3. The first-order valence-corrected chi connectivity index (χ1v) is 10.6. The Bertz CT molecular complexity index is 979. The number of aromatic nitrogens is 3. The van der Waals surface area contributed by atoms with Crippen LogP contribution < -0.4 is 5.32 Å². The number of thioether (sulfide) groups is 1. The summed E-state index contributed by atoms with van der Waals surface area (Å²) >= 11 is 19.3. The van der Waals surface area contributed by atoms with Gasteiger partial charge in [0.2, 0.25) is 5.91 Å². The van der Waals surface area contributed by atoms with Crippen LogP contribution in [0, 0.1) is 0 Å². The van der Waals surface area contributed by atoms with Crippen LogP contribution in [0.2, 0.25) is 15.1 Å². The summed E-state index contributed by atoms with van der Waals surface area (Å²) < 4.78 is 2.01. The molecule has 5 nitrogen and oxygen atoms in total. The molecule has 3 aromatic rings. The van der Waals surface area contributed by atoms with Crippen molar-refractivity contribution >= 4 is 58.2 Å². The number of carbonyl (C=O) groups excluding carboxylic acids is 1. The number of rotatable bonds is 7. The molecule has 0 aliphatic heterocycles. The van der Waals surface area contributed by atoms with Crippen molar-refractivity contribution in [1.29, 1.82) is 0 Å². The van der Waals surface area contributed by atoms with Gasteiger partial charge in [0.15, 0.2) is 5.16 Å². The lowest BCUT2D eigenvalue weighted by molar-refractivity contribution is -0.113. The molecule has 0 saturated carbocycles. The summed E-state index contributed by atoms with van der Waals surface area (Å²) in [6.07, 6.45) is 0.688. The van der Waals surface area contributed by atoms with Crippen LogP contribution in [0.15, 0.2) is 47.6 Å². The molecule has 9 heteroatoms. The van der Waals surface area contributed by atoms with Crippen molar-refractivity contribution in [3.63, 3.8) is 0 Å². The molecule has 0 bridgehead atoms. The molecule has 0 saturated heterocycles. The standard InChI is InChI=1S/C19H17Cl3N4OS/c1-2-26-17(8-12-6-4-3-5-7-12)24-25-19(26)28-11-18(27)23-16-10-14(21)13(20)9-15(16)22/h3-7,9-10H,2,8,11H2,1H3,(H,23,27). The molecule has 1 heterocycles. The van der Waals surface area contributed by atoms with Gasteiger partial charge in [-0.3, -0.25) is 4.79 Å². The molecule has 146 valence electrons. The third kappa shape index (κ3) is 5.20. The minimum atomic E-state index is -0.222. The molecule has 3 rings (SSSR count). The van der Waals surface area contributed by atoms with Gasteiger partial charge in [-0.25, -0.2) is 0 Å². The maximum absolute atomic E-state index is 12.3. The molecule has 0 fully saturated rings. The van der Waals surface area contributed by atoms with Crippen molar-refractivity contribution in [3.8, 4) is 0 Å². The zero-order valence-electron chi connectivity index (χ0n) is 15.0. The Balaban J connectivity index is 1.64. The first-order chi connectivity index (χ1) is 13.5. The Morgan fingerprint density at radius 3 is 2.50 bits per heavy atom. The highest BCUT2D eigenvalue weighted by Crippen LogP contribution is 2.32. The van der Waals surface area contributed by atoms with E-state index < -0.39 is 0 Å². The van der Waals surface area contributed by atoms with E-state index in [1.807, 2.05) is 29.7 Å². The van der Waals surface area contributed by atoms with Crippen molar-refractivity contribution in [1.82, 2.24) is 14.8 Å². The van der Waals surface area contributed by atoms with E-state index in [1.165, 1.54) is 23.9 Å². The number of nitrogens with zero attached hydrogens (tertiary/aromatic N) is 3. The van der Waals surface area contributed by atoms with E-state index in [0.717, 1.165) is 17.9 Å². The molecule has 0 unspecified atom stereocenters. The lowest BCUT2D eigenvalue weighted by atomic mass is 10.1. The Labute approximate surface area is 182 Å². The molecule has 0 spiro atoms. The number of hydrogen-bond donors (Lipinski definition) is 1. The van der Waals surface area contributed by atoms with E-state index in [1.54, 1.807) is 0 Å².